The Morgan fingerprint density at radius 3 is 2.53 bits per heavy atom. The van der Waals surface area contributed by atoms with Gasteiger partial charge in [-0.2, -0.15) is 0 Å². The first-order valence-electron chi connectivity index (χ1n) is 5.48. The molecule has 2 nitrogen and oxygen atoms in total. The fraction of sp³-hybridized carbons (Fsp3) is 0.538. The molecule has 2 N–H and O–H groups in total. The summed E-state index contributed by atoms with van der Waals surface area (Å²) >= 11 is 0. The van der Waals surface area contributed by atoms with Crippen molar-refractivity contribution >= 4 is 0 Å². The van der Waals surface area contributed by atoms with Crippen molar-refractivity contribution in [3.63, 3.8) is 0 Å². The lowest BCUT2D eigenvalue weighted by molar-refractivity contribution is -0.0650. The van der Waals surface area contributed by atoms with Gasteiger partial charge in [-0.15, -0.1) is 0 Å². The van der Waals surface area contributed by atoms with Gasteiger partial charge in [-0.25, -0.2) is 0 Å². The highest BCUT2D eigenvalue weighted by molar-refractivity contribution is 5.36. The second-order valence-corrected chi connectivity index (χ2v) is 5.20. The van der Waals surface area contributed by atoms with Crippen LogP contribution in [-0.2, 0) is 11.2 Å². The number of ether oxygens (including phenoxy) is 1. The maximum Gasteiger partial charge on any atom is 0.0815 e. The molecule has 1 aromatic carbocycles. The van der Waals surface area contributed by atoms with Crippen molar-refractivity contribution in [1.29, 1.82) is 0 Å². The van der Waals surface area contributed by atoms with Crippen LogP contribution in [0.1, 0.15) is 37.9 Å². The maximum absolute atomic E-state index is 6.17. The molecule has 1 aliphatic carbocycles. The molecule has 0 saturated heterocycles. The number of fused-ring (bicyclic) bond motifs is 1. The molecule has 2 heteroatoms. The molecule has 1 aromatic rings. The van der Waals surface area contributed by atoms with Crippen LogP contribution in [0.3, 0.4) is 0 Å². The molecule has 2 unspecified atom stereocenters. The summed E-state index contributed by atoms with van der Waals surface area (Å²) in [7, 11) is 0. The molecule has 1 aliphatic rings. The summed E-state index contributed by atoms with van der Waals surface area (Å²) in [6.45, 7) is 6.22. The van der Waals surface area contributed by atoms with Gasteiger partial charge in [-0.05, 0) is 31.9 Å². The van der Waals surface area contributed by atoms with Gasteiger partial charge in [0, 0.05) is 6.42 Å². The minimum absolute atomic E-state index is 0.0282. The zero-order valence-corrected chi connectivity index (χ0v) is 9.66. The van der Waals surface area contributed by atoms with Gasteiger partial charge >= 0.3 is 0 Å². The van der Waals surface area contributed by atoms with E-state index in [1.54, 1.807) is 0 Å². The second kappa shape index (κ2) is 3.62. The van der Waals surface area contributed by atoms with E-state index < -0.39 is 0 Å². The van der Waals surface area contributed by atoms with Gasteiger partial charge in [0.2, 0.25) is 0 Å². The van der Waals surface area contributed by atoms with E-state index in [9.17, 15) is 0 Å². The van der Waals surface area contributed by atoms with Gasteiger partial charge in [0.15, 0.2) is 0 Å². The number of hydrogen-bond donors (Lipinski definition) is 1. The number of benzene rings is 1. The predicted octanol–water partition coefficient (Wildman–Crippen LogP) is 2.43. The first-order chi connectivity index (χ1) is 6.97. The SMILES string of the molecule is CC(C)(C)OC1Cc2ccccc2C1N. The molecule has 0 amide bonds. The third-order valence-corrected chi connectivity index (χ3v) is 2.74. The normalized spacial score (nSPS) is 25.3. The van der Waals surface area contributed by atoms with E-state index in [-0.39, 0.29) is 17.7 Å². The Hall–Kier alpha value is -0.860. The minimum atomic E-state index is -0.121. The van der Waals surface area contributed by atoms with E-state index >= 15 is 0 Å². The molecular weight excluding hydrogens is 186 g/mol. The first-order valence-corrected chi connectivity index (χ1v) is 5.48. The Morgan fingerprint density at radius 2 is 1.93 bits per heavy atom. The van der Waals surface area contributed by atoms with Crippen LogP contribution in [0.2, 0.25) is 0 Å². The molecule has 0 radical (unpaired) electrons. The molecular formula is C13H19NO. The largest absolute Gasteiger partial charge is 0.370 e. The minimum Gasteiger partial charge on any atom is -0.370 e. The molecule has 0 saturated carbocycles. The van der Waals surface area contributed by atoms with Crippen LogP contribution in [0.4, 0.5) is 0 Å². The van der Waals surface area contributed by atoms with Crippen LogP contribution in [0.15, 0.2) is 24.3 Å². The molecule has 0 aliphatic heterocycles. The van der Waals surface area contributed by atoms with Gasteiger partial charge in [-0.1, -0.05) is 24.3 Å². The molecule has 0 aromatic heterocycles. The standard InChI is InChI=1S/C13H19NO/c1-13(2,3)15-11-8-9-6-4-5-7-10(9)12(11)14/h4-7,11-12H,8,14H2,1-3H3. The maximum atomic E-state index is 6.17. The lowest BCUT2D eigenvalue weighted by Crippen LogP contribution is -2.33. The third kappa shape index (κ3) is 2.21. The van der Waals surface area contributed by atoms with Crippen LogP contribution in [0.25, 0.3) is 0 Å². The van der Waals surface area contributed by atoms with Crippen LogP contribution >= 0.6 is 0 Å². The highest BCUT2D eigenvalue weighted by atomic mass is 16.5. The summed E-state index contributed by atoms with van der Waals surface area (Å²) in [5.74, 6) is 0. The van der Waals surface area contributed by atoms with Crippen molar-refractivity contribution in [2.75, 3.05) is 0 Å². The topological polar surface area (TPSA) is 35.2 Å². The van der Waals surface area contributed by atoms with Crippen molar-refractivity contribution in [3.05, 3.63) is 35.4 Å². The number of nitrogens with two attached hydrogens (primary N) is 1. The number of hydrogen-bond acceptors (Lipinski definition) is 2. The van der Waals surface area contributed by atoms with Crippen molar-refractivity contribution in [2.24, 2.45) is 5.73 Å². The van der Waals surface area contributed by atoms with Crippen LogP contribution in [0.5, 0.6) is 0 Å². The fourth-order valence-electron chi connectivity index (χ4n) is 2.16. The Bertz CT molecular complexity index is 354. The Morgan fingerprint density at radius 1 is 1.27 bits per heavy atom. The van der Waals surface area contributed by atoms with E-state index in [1.165, 1.54) is 11.1 Å². The second-order valence-electron chi connectivity index (χ2n) is 5.20. The van der Waals surface area contributed by atoms with Crippen LogP contribution in [-0.4, -0.2) is 11.7 Å². The molecule has 0 spiro atoms. The third-order valence-electron chi connectivity index (χ3n) is 2.74. The van der Waals surface area contributed by atoms with Crippen molar-refractivity contribution in [2.45, 2.75) is 44.9 Å². The molecule has 2 rings (SSSR count). The quantitative estimate of drug-likeness (QED) is 0.764. The molecule has 82 valence electrons. The highest BCUT2D eigenvalue weighted by Crippen LogP contribution is 2.33. The molecule has 0 heterocycles. The van der Waals surface area contributed by atoms with E-state index in [2.05, 4.69) is 39.0 Å². The average molecular weight is 205 g/mol. The van der Waals surface area contributed by atoms with Crippen molar-refractivity contribution in [3.8, 4) is 0 Å². The molecule has 0 fully saturated rings. The first kappa shape index (κ1) is 10.7. The summed E-state index contributed by atoms with van der Waals surface area (Å²) < 4.78 is 5.97. The van der Waals surface area contributed by atoms with Gasteiger partial charge in [0.25, 0.3) is 0 Å². The Balaban J connectivity index is 2.17. The smallest absolute Gasteiger partial charge is 0.0815 e. The van der Waals surface area contributed by atoms with E-state index in [4.69, 9.17) is 10.5 Å². The summed E-state index contributed by atoms with van der Waals surface area (Å²) in [5.41, 5.74) is 8.63. The van der Waals surface area contributed by atoms with E-state index in [0.29, 0.717) is 0 Å². The monoisotopic (exact) mass is 205 g/mol. The molecule has 2 atom stereocenters. The van der Waals surface area contributed by atoms with Crippen molar-refractivity contribution in [1.82, 2.24) is 0 Å². The fourth-order valence-corrected chi connectivity index (χ4v) is 2.16. The average Bonchev–Trinajstić information content (AvgIpc) is 2.42. The zero-order chi connectivity index (χ0) is 11.1. The summed E-state index contributed by atoms with van der Waals surface area (Å²) in [6.07, 6.45) is 1.07. The lowest BCUT2D eigenvalue weighted by atomic mass is 10.1. The van der Waals surface area contributed by atoms with Gasteiger partial charge < -0.3 is 10.5 Å². The lowest BCUT2D eigenvalue weighted by Gasteiger charge is -2.27. The van der Waals surface area contributed by atoms with Gasteiger partial charge in [0.05, 0.1) is 17.7 Å². The van der Waals surface area contributed by atoms with E-state index in [1.807, 2.05) is 6.07 Å². The Labute approximate surface area is 91.4 Å². The Kier molecular flexibility index (Phi) is 2.57. The summed E-state index contributed by atoms with van der Waals surface area (Å²) in [4.78, 5) is 0. The van der Waals surface area contributed by atoms with Crippen LogP contribution in [0, 0.1) is 0 Å². The van der Waals surface area contributed by atoms with Gasteiger partial charge in [-0.3, -0.25) is 0 Å². The summed E-state index contributed by atoms with van der Waals surface area (Å²) in [6, 6.07) is 8.37. The molecule has 15 heavy (non-hydrogen) atoms. The zero-order valence-electron chi connectivity index (χ0n) is 9.66. The number of rotatable bonds is 1. The van der Waals surface area contributed by atoms with E-state index in [0.717, 1.165) is 6.42 Å². The van der Waals surface area contributed by atoms with Crippen molar-refractivity contribution < 1.29 is 4.74 Å². The molecule has 0 bridgehead atoms. The van der Waals surface area contributed by atoms with Gasteiger partial charge in [0.1, 0.15) is 0 Å². The van der Waals surface area contributed by atoms with Crippen LogP contribution < -0.4 is 5.73 Å². The highest BCUT2D eigenvalue weighted by Gasteiger charge is 2.32. The summed E-state index contributed by atoms with van der Waals surface area (Å²) in [5, 5.41) is 0. The predicted molar refractivity (Wildman–Crippen MR) is 61.7 cm³/mol.